The van der Waals surface area contributed by atoms with Gasteiger partial charge in [0.2, 0.25) is 0 Å². The molecule has 0 saturated carbocycles. The highest BCUT2D eigenvalue weighted by molar-refractivity contribution is 6.03. The molecule has 2 aromatic rings. The minimum atomic E-state index is -0.407. The first kappa shape index (κ1) is 11.0. The van der Waals surface area contributed by atoms with Gasteiger partial charge in [-0.25, -0.2) is 0 Å². The molecule has 1 heterocycles. The molecule has 1 aromatic heterocycles. The van der Waals surface area contributed by atoms with Crippen LogP contribution >= 0.6 is 0 Å². The summed E-state index contributed by atoms with van der Waals surface area (Å²) >= 11 is 0. The van der Waals surface area contributed by atoms with Gasteiger partial charge in [0.1, 0.15) is 12.0 Å². The summed E-state index contributed by atoms with van der Waals surface area (Å²) in [5.41, 5.74) is 5.96. The number of nitrogen functional groups attached to an aromatic ring is 1. The molecule has 0 atom stereocenters. The lowest BCUT2D eigenvalue weighted by atomic mass is 10.3. The van der Waals surface area contributed by atoms with E-state index < -0.39 is 5.91 Å². The van der Waals surface area contributed by atoms with Gasteiger partial charge in [-0.2, -0.15) is 4.98 Å². The van der Waals surface area contributed by atoms with Crippen molar-refractivity contribution < 1.29 is 13.9 Å². The molecule has 0 aliphatic carbocycles. The fourth-order valence-corrected chi connectivity index (χ4v) is 1.33. The molecule has 0 bridgehead atoms. The number of oxazole rings is 1. The number of methoxy groups -OCH3 is 1. The number of hydrogen-bond donors (Lipinski definition) is 2. The number of nitrogens with zero attached hydrogens (tertiary/aromatic N) is 1. The van der Waals surface area contributed by atoms with E-state index in [4.69, 9.17) is 14.9 Å². The Morgan fingerprint density at radius 1 is 1.47 bits per heavy atom. The lowest BCUT2D eigenvalue weighted by Crippen LogP contribution is -2.13. The maximum atomic E-state index is 11.8. The molecule has 1 aromatic carbocycles. The molecule has 6 nitrogen and oxygen atoms in total. The molecule has 0 fully saturated rings. The van der Waals surface area contributed by atoms with Crippen LogP contribution in [0.15, 0.2) is 34.9 Å². The second kappa shape index (κ2) is 4.56. The summed E-state index contributed by atoms with van der Waals surface area (Å²) in [6.45, 7) is 0. The Hall–Kier alpha value is -2.50. The van der Waals surface area contributed by atoms with Crippen LogP contribution in [0, 0.1) is 0 Å². The molecule has 1 amide bonds. The van der Waals surface area contributed by atoms with Crippen molar-refractivity contribution in [1.29, 1.82) is 0 Å². The molecular formula is C11H11N3O3. The van der Waals surface area contributed by atoms with Gasteiger partial charge in [-0.15, -0.1) is 0 Å². The highest BCUT2D eigenvalue weighted by Crippen LogP contribution is 2.23. The van der Waals surface area contributed by atoms with Gasteiger partial charge in [-0.3, -0.25) is 4.79 Å². The number of hydrogen-bond acceptors (Lipinski definition) is 5. The van der Waals surface area contributed by atoms with Crippen molar-refractivity contribution in [3.63, 3.8) is 0 Å². The molecule has 0 saturated heterocycles. The number of amides is 1. The number of ether oxygens (including phenoxy) is 1. The van der Waals surface area contributed by atoms with Gasteiger partial charge >= 0.3 is 0 Å². The quantitative estimate of drug-likeness (QED) is 0.838. The summed E-state index contributed by atoms with van der Waals surface area (Å²) < 4.78 is 9.86. The van der Waals surface area contributed by atoms with Gasteiger partial charge in [-0.1, -0.05) is 12.1 Å². The van der Waals surface area contributed by atoms with E-state index in [0.717, 1.165) is 0 Å². The Morgan fingerprint density at radius 3 is 2.88 bits per heavy atom. The number of aromatic nitrogens is 1. The van der Waals surface area contributed by atoms with Crippen molar-refractivity contribution in [2.45, 2.75) is 0 Å². The summed E-state index contributed by atoms with van der Waals surface area (Å²) in [7, 11) is 1.53. The monoisotopic (exact) mass is 233 g/mol. The van der Waals surface area contributed by atoms with E-state index in [1.807, 2.05) is 6.07 Å². The van der Waals surface area contributed by atoms with Crippen molar-refractivity contribution in [3.8, 4) is 5.75 Å². The SMILES string of the molecule is COc1ccccc1NC(=O)c1coc(N)n1. The summed E-state index contributed by atoms with van der Waals surface area (Å²) in [5.74, 6) is 0.160. The Balaban J connectivity index is 2.18. The Kier molecular flexibility index (Phi) is 2.95. The maximum absolute atomic E-state index is 11.8. The van der Waals surface area contributed by atoms with Crippen LogP contribution in [-0.4, -0.2) is 18.0 Å². The van der Waals surface area contributed by atoms with E-state index in [-0.39, 0.29) is 11.7 Å². The second-order valence-electron chi connectivity index (χ2n) is 3.23. The lowest BCUT2D eigenvalue weighted by Gasteiger charge is -2.08. The van der Waals surface area contributed by atoms with Crippen LogP contribution in [0.1, 0.15) is 10.5 Å². The van der Waals surface area contributed by atoms with Gasteiger partial charge in [0, 0.05) is 0 Å². The number of anilines is 2. The van der Waals surface area contributed by atoms with E-state index in [9.17, 15) is 4.79 Å². The molecular weight excluding hydrogens is 222 g/mol. The third-order valence-electron chi connectivity index (χ3n) is 2.11. The van der Waals surface area contributed by atoms with E-state index >= 15 is 0 Å². The van der Waals surface area contributed by atoms with Crippen molar-refractivity contribution in [1.82, 2.24) is 4.98 Å². The highest BCUT2D eigenvalue weighted by atomic mass is 16.5. The molecule has 0 unspecified atom stereocenters. The first-order valence-electron chi connectivity index (χ1n) is 4.86. The maximum Gasteiger partial charge on any atom is 0.292 e. The van der Waals surface area contributed by atoms with E-state index in [1.54, 1.807) is 18.2 Å². The summed E-state index contributed by atoms with van der Waals surface area (Å²) in [4.78, 5) is 15.5. The highest BCUT2D eigenvalue weighted by Gasteiger charge is 2.12. The third-order valence-corrected chi connectivity index (χ3v) is 2.11. The van der Waals surface area contributed by atoms with Crippen LogP contribution in [0.2, 0.25) is 0 Å². The van der Waals surface area contributed by atoms with Crippen LogP contribution in [0.4, 0.5) is 11.7 Å². The zero-order valence-electron chi connectivity index (χ0n) is 9.14. The molecule has 2 rings (SSSR count). The zero-order chi connectivity index (χ0) is 12.3. The van der Waals surface area contributed by atoms with E-state index in [1.165, 1.54) is 13.4 Å². The standard InChI is InChI=1S/C11H11N3O3/c1-16-9-5-3-2-4-7(9)13-10(15)8-6-17-11(12)14-8/h2-6H,1H3,(H2,12,14)(H,13,15). The van der Waals surface area contributed by atoms with Crippen molar-refractivity contribution >= 4 is 17.6 Å². The number of nitrogens with two attached hydrogens (primary N) is 1. The van der Waals surface area contributed by atoms with Crippen LogP contribution in [0.3, 0.4) is 0 Å². The lowest BCUT2D eigenvalue weighted by molar-refractivity contribution is 0.102. The molecule has 0 radical (unpaired) electrons. The van der Waals surface area contributed by atoms with E-state index in [2.05, 4.69) is 10.3 Å². The average molecular weight is 233 g/mol. The largest absolute Gasteiger partial charge is 0.495 e. The van der Waals surface area contributed by atoms with Crippen LogP contribution < -0.4 is 15.8 Å². The van der Waals surface area contributed by atoms with Crippen LogP contribution in [0.5, 0.6) is 5.75 Å². The number of para-hydroxylation sites is 2. The van der Waals surface area contributed by atoms with Crippen molar-refractivity contribution in [3.05, 3.63) is 36.2 Å². The molecule has 0 aliphatic heterocycles. The summed E-state index contributed by atoms with van der Waals surface area (Å²) in [6, 6.07) is 7.01. The number of nitrogens with one attached hydrogen (secondary N) is 1. The molecule has 0 spiro atoms. The number of carbonyl (C=O) groups excluding carboxylic acids is 1. The van der Waals surface area contributed by atoms with Crippen molar-refractivity contribution in [2.75, 3.05) is 18.2 Å². The minimum absolute atomic E-state index is 0.0461. The predicted molar refractivity (Wildman–Crippen MR) is 61.9 cm³/mol. The smallest absolute Gasteiger partial charge is 0.292 e. The Bertz CT molecular complexity index is 536. The minimum Gasteiger partial charge on any atom is -0.495 e. The Morgan fingerprint density at radius 2 is 2.24 bits per heavy atom. The molecule has 0 aliphatic rings. The fourth-order valence-electron chi connectivity index (χ4n) is 1.33. The third kappa shape index (κ3) is 2.36. The molecule has 3 N–H and O–H groups in total. The normalized spacial score (nSPS) is 9.94. The van der Waals surface area contributed by atoms with E-state index in [0.29, 0.717) is 11.4 Å². The fraction of sp³-hybridized carbons (Fsp3) is 0.0909. The molecule has 17 heavy (non-hydrogen) atoms. The number of rotatable bonds is 3. The van der Waals surface area contributed by atoms with Crippen molar-refractivity contribution in [2.24, 2.45) is 0 Å². The zero-order valence-corrected chi connectivity index (χ0v) is 9.14. The topological polar surface area (TPSA) is 90.4 Å². The molecule has 6 heteroatoms. The predicted octanol–water partition coefficient (Wildman–Crippen LogP) is 1.52. The van der Waals surface area contributed by atoms with Gasteiger partial charge in [0.15, 0.2) is 5.69 Å². The number of carbonyl (C=O) groups is 1. The van der Waals surface area contributed by atoms with Crippen LogP contribution in [-0.2, 0) is 0 Å². The Labute approximate surface area is 97.4 Å². The van der Waals surface area contributed by atoms with Gasteiger partial charge in [0.05, 0.1) is 12.8 Å². The summed E-state index contributed by atoms with van der Waals surface area (Å²) in [6.07, 6.45) is 1.19. The first-order chi connectivity index (χ1) is 8.20. The van der Waals surface area contributed by atoms with Gasteiger partial charge in [0.25, 0.3) is 11.9 Å². The average Bonchev–Trinajstić information content (AvgIpc) is 2.77. The van der Waals surface area contributed by atoms with Gasteiger partial charge < -0.3 is 20.2 Å². The second-order valence-corrected chi connectivity index (χ2v) is 3.23. The number of benzene rings is 1. The summed E-state index contributed by atoms with van der Waals surface area (Å²) in [5, 5.41) is 2.65. The molecule has 88 valence electrons. The first-order valence-corrected chi connectivity index (χ1v) is 4.86. The van der Waals surface area contributed by atoms with Crippen LogP contribution in [0.25, 0.3) is 0 Å². The van der Waals surface area contributed by atoms with Gasteiger partial charge in [-0.05, 0) is 12.1 Å².